The molecule has 0 saturated carbocycles. The van der Waals surface area contributed by atoms with Gasteiger partial charge in [0.15, 0.2) is 0 Å². The Labute approximate surface area is 96.6 Å². The quantitative estimate of drug-likeness (QED) is 0.853. The van der Waals surface area contributed by atoms with Gasteiger partial charge in [-0.25, -0.2) is 9.97 Å². The molecule has 0 bridgehead atoms. The highest BCUT2D eigenvalue weighted by Gasteiger charge is 2.15. The fourth-order valence-electron chi connectivity index (χ4n) is 1.49. The molecule has 14 heavy (non-hydrogen) atoms. The molecule has 1 aliphatic heterocycles. The van der Waals surface area contributed by atoms with Crippen molar-refractivity contribution < 1.29 is 4.74 Å². The first kappa shape index (κ1) is 10.1. The standard InChI is InChI=1S/C9H12IN3O/c10-8-4-11-6-13-9(8)14-5-7-2-1-3-12-7/h4,6-7,12H,1-3,5H2. The average molecular weight is 305 g/mol. The van der Waals surface area contributed by atoms with Gasteiger partial charge in [-0.15, -0.1) is 0 Å². The summed E-state index contributed by atoms with van der Waals surface area (Å²) in [6.45, 7) is 1.81. The van der Waals surface area contributed by atoms with Crippen molar-refractivity contribution in [2.24, 2.45) is 0 Å². The minimum atomic E-state index is 0.487. The molecule has 0 amide bonds. The minimum Gasteiger partial charge on any atom is -0.475 e. The Morgan fingerprint density at radius 1 is 1.64 bits per heavy atom. The lowest BCUT2D eigenvalue weighted by Crippen LogP contribution is -2.28. The molecule has 1 aromatic rings. The zero-order valence-electron chi connectivity index (χ0n) is 7.74. The summed E-state index contributed by atoms with van der Waals surface area (Å²) < 4.78 is 6.56. The molecule has 0 aliphatic carbocycles. The second kappa shape index (κ2) is 4.88. The van der Waals surface area contributed by atoms with Gasteiger partial charge in [-0.2, -0.15) is 0 Å². The molecule has 76 valence electrons. The van der Waals surface area contributed by atoms with Crippen LogP contribution in [0.15, 0.2) is 12.5 Å². The molecule has 0 aromatic carbocycles. The van der Waals surface area contributed by atoms with Crippen molar-refractivity contribution in [3.8, 4) is 5.88 Å². The Hall–Kier alpha value is -0.430. The first-order chi connectivity index (χ1) is 6.86. The van der Waals surface area contributed by atoms with Crippen LogP contribution < -0.4 is 10.1 Å². The Morgan fingerprint density at radius 3 is 3.29 bits per heavy atom. The summed E-state index contributed by atoms with van der Waals surface area (Å²) in [5.74, 6) is 0.689. The number of hydrogen-bond acceptors (Lipinski definition) is 4. The predicted molar refractivity (Wildman–Crippen MR) is 61.3 cm³/mol. The molecule has 1 aromatic heterocycles. The predicted octanol–water partition coefficient (Wildman–Crippen LogP) is 1.21. The molecular formula is C9H12IN3O. The summed E-state index contributed by atoms with van der Waals surface area (Å²) in [5.41, 5.74) is 0. The third kappa shape index (κ3) is 2.54. The highest BCUT2D eigenvalue weighted by Crippen LogP contribution is 2.16. The van der Waals surface area contributed by atoms with Gasteiger partial charge < -0.3 is 10.1 Å². The highest BCUT2D eigenvalue weighted by molar-refractivity contribution is 14.1. The zero-order chi connectivity index (χ0) is 9.80. The van der Waals surface area contributed by atoms with Crippen LogP contribution in [0.3, 0.4) is 0 Å². The van der Waals surface area contributed by atoms with Crippen molar-refractivity contribution in [1.82, 2.24) is 15.3 Å². The van der Waals surface area contributed by atoms with Gasteiger partial charge in [0.2, 0.25) is 5.88 Å². The van der Waals surface area contributed by atoms with Crippen LogP contribution in [0.1, 0.15) is 12.8 Å². The molecule has 2 heterocycles. The SMILES string of the molecule is Ic1cncnc1OCC1CCCN1. The van der Waals surface area contributed by atoms with Crippen LogP contribution in [-0.4, -0.2) is 29.2 Å². The summed E-state index contributed by atoms with van der Waals surface area (Å²) in [6, 6.07) is 0.487. The number of halogens is 1. The van der Waals surface area contributed by atoms with E-state index >= 15 is 0 Å². The van der Waals surface area contributed by atoms with E-state index in [1.54, 1.807) is 6.20 Å². The topological polar surface area (TPSA) is 47.0 Å². The molecule has 1 atom stereocenters. The van der Waals surface area contributed by atoms with Crippen LogP contribution >= 0.6 is 22.6 Å². The summed E-state index contributed by atoms with van der Waals surface area (Å²) in [5, 5.41) is 3.38. The fraction of sp³-hybridized carbons (Fsp3) is 0.556. The maximum absolute atomic E-state index is 5.60. The van der Waals surface area contributed by atoms with E-state index in [-0.39, 0.29) is 0 Å². The molecule has 2 rings (SSSR count). The van der Waals surface area contributed by atoms with E-state index in [1.165, 1.54) is 19.2 Å². The molecule has 0 spiro atoms. The largest absolute Gasteiger partial charge is 0.475 e. The van der Waals surface area contributed by atoms with E-state index in [4.69, 9.17) is 4.74 Å². The Morgan fingerprint density at radius 2 is 2.57 bits per heavy atom. The number of nitrogens with one attached hydrogen (secondary N) is 1. The third-order valence-electron chi connectivity index (χ3n) is 2.22. The van der Waals surface area contributed by atoms with Crippen LogP contribution in [0.25, 0.3) is 0 Å². The average Bonchev–Trinajstić information content (AvgIpc) is 2.69. The molecule has 1 fully saturated rings. The molecule has 0 radical (unpaired) electrons. The van der Waals surface area contributed by atoms with Crippen molar-refractivity contribution in [3.05, 3.63) is 16.1 Å². The third-order valence-corrected chi connectivity index (χ3v) is 2.96. The van der Waals surface area contributed by atoms with Crippen molar-refractivity contribution >= 4 is 22.6 Å². The van der Waals surface area contributed by atoms with Gasteiger partial charge >= 0.3 is 0 Å². The molecule has 4 nitrogen and oxygen atoms in total. The summed E-state index contributed by atoms with van der Waals surface area (Å²) in [6.07, 6.45) is 5.71. The Kier molecular flexibility index (Phi) is 3.52. The van der Waals surface area contributed by atoms with E-state index in [0.717, 1.165) is 10.1 Å². The lowest BCUT2D eigenvalue weighted by atomic mass is 10.2. The number of ether oxygens (including phenoxy) is 1. The van der Waals surface area contributed by atoms with Gasteiger partial charge in [0, 0.05) is 12.2 Å². The van der Waals surface area contributed by atoms with Crippen molar-refractivity contribution in [1.29, 1.82) is 0 Å². The van der Waals surface area contributed by atoms with Crippen LogP contribution in [0.5, 0.6) is 5.88 Å². The van der Waals surface area contributed by atoms with E-state index in [1.807, 2.05) is 0 Å². The van der Waals surface area contributed by atoms with Gasteiger partial charge in [0.05, 0.1) is 3.57 Å². The van der Waals surface area contributed by atoms with Crippen molar-refractivity contribution in [2.45, 2.75) is 18.9 Å². The molecular weight excluding hydrogens is 293 g/mol. The fourth-order valence-corrected chi connectivity index (χ4v) is 1.94. The number of rotatable bonds is 3. The van der Waals surface area contributed by atoms with Gasteiger partial charge in [0.25, 0.3) is 0 Å². The smallest absolute Gasteiger partial charge is 0.230 e. The van der Waals surface area contributed by atoms with E-state index in [0.29, 0.717) is 18.5 Å². The minimum absolute atomic E-state index is 0.487. The Balaban J connectivity index is 1.88. The normalized spacial score (nSPS) is 21.1. The first-order valence-corrected chi connectivity index (χ1v) is 5.76. The highest BCUT2D eigenvalue weighted by atomic mass is 127. The van der Waals surface area contributed by atoms with Gasteiger partial charge in [-0.05, 0) is 42.0 Å². The summed E-state index contributed by atoms with van der Waals surface area (Å²) in [7, 11) is 0. The molecule has 1 unspecified atom stereocenters. The van der Waals surface area contributed by atoms with E-state index in [2.05, 4.69) is 37.9 Å². The van der Waals surface area contributed by atoms with Crippen LogP contribution in [0, 0.1) is 3.57 Å². The van der Waals surface area contributed by atoms with Gasteiger partial charge in [-0.3, -0.25) is 0 Å². The van der Waals surface area contributed by atoms with E-state index in [9.17, 15) is 0 Å². The van der Waals surface area contributed by atoms with Crippen molar-refractivity contribution in [3.63, 3.8) is 0 Å². The lowest BCUT2D eigenvalue weighted by Gasteiger charge is -2.11. The number of aromatic nitrogens is 2. The molecule has 1 saturated heterocycles. The second-order valence-corrected chi connectivity index (χ2v) is 4.44. The zero-order valence-corrected chi connectivity index (χ0v) is 9.90. The second-order valence-electron chi connectivity index (χ2n) is 3.28. The lowest BCUT2D eigenvalue weighted by molar-refractivity contribution is 0.265. The maximum atomic E-state index is 5.60. The summed E-state index contributed by atoms with van der Waals surface area (Å²) >= 11 is 2.18. The van der Waals surface area contributed by atoms with E-state index < -0.39 is 0 Å². The molecule has 5 heteroatoms. The van der Waals surface area contributed by atoms with Crippen molar-refractivity contribution in [2.75, 3.05) is 13.2 Å². The molecule has 1 aliphatic rings. The van der Waals surface area contributed by atoms with Gasteiger partial charge in [-0.1, -0.05) is 0 Å². The number of hydrogen-bond donors (Lipinski definition) is 1. The van der Waals surface area contributed by atoms with Gasteiger partial charge in [0.1, 0.15) is 12.9 Å². The maximum Gasteiger partial charge on any atom is 0.230 e. The van der Waals surface area contributed by atoms with Crippen LogP contribution in [0.2, 0.25) is 0 Å². The summed E-state index contributed by atoms with van der Waals surface area (Å²) in [4.78, 5) is 7.98. The monoisotopic (exact) mass is 305 g/mol. The van der Waals surface area contributed by atoms with Crippen LogP contribution in [0.4, 0.5) is 0 Å². The first-order valence-electron chi connectivity index (χ1n) is 4.68. The van der Waals surface area contributed by atoms with Crippen LogP contribution in [-0.2, 0) is 0 Å². The Bertz CT molecular complexity index is 302. The number of nitrogens with zero attached hydrogens (tertiary/aromatic N) is 2. The molecule has 1 N–H and O–H groups in total.